The molecule has 0 aliphatic heterocycles. The van der Waals surface area contributed by atoms with Crippen molar-refractivity contribution in [2.75, 3.05) is 0 Å². The minimum absolute atomic E-state index is 0.160. The van der Waals surface area contributed by atoms with E-state index in [4.69, 9.17) is 4.74 Å². The summed E-state index contributed by atoms with van der Waals surface area (Å²) in [6.07, 6.45) is 2.47. The van der Waals surface area contributed by atoms with Gasteiger partial charge in [-0.2, -0.15) is 0 Å². The lowest BCUT2D eigenvalue weighted by atomic mass is 9.96. The number of aliphatic hydroxyl groups is 1. The second kappa shape index (κ2) is 4.23. The summed E-state index contributed by atoms with van der Waals surface area (Å²) < 4.78 is 5.71. The SMILES string of the molecule is CC(O)C(C)c1cccc(OC2CC2)c1. The van der Waals surface area contributed by atoms with Crippen molar-refractivity contribution < 1.29 is 9.84 Å². The van der Waals surface area contributed by atoms with Crippen LogP contribution in [-0.2, 0) is 0 Å². The van der Waals surface area contributed by atoms with Crippen molar-refractivity contribution in [2.45, 2.75) is 44.8 Å². The van der Waals surface area contributed by atoms with Gasteiger partial charge in [0.25, 0.3) is 0 Å². The van der Waals surface area contributed by atoms with Gasteiger partial charge in [0.05, 0.1) is 12.2 Å². The molecule has 2 rings (SSSR count). The van der Waals surface area contributed by atoms with E-state index in [1.165, 1.54) is 12.8 Å². The molecule has 0 spiro atoms. The molecule has 82 valence electrons. The Balaban J connectivity index is 2.10. The summed E-state index contributed by atoms with van der Waals surface area (Å²) in [5, 5.41) is 9.52. The second-order valence-electron chi connectivity index (χ2n) is 4.42. The largest absolute Gasteiger partial charge is 0.490 e. The summed E-state index contributed by atoms with van der Waals surface area (Å²) in [6.45, 7) is 3.85. The minimum Gasteiger partial charge on any atom is -0.490 e. The molecular formula is C13H18O2. The van der Waals surface area contributed by atoms with Crippen LogP contribution in [0.3, 0.4) is 0 Å². The lowest BCUT2D eigenvalue weighted by Gasteiger charge is -2.16. The number of aliphatic hydroxyl groups excluding tert-OH is 1. The van der Waals surface area contributed by atoms with Gasteiger partial charge >= 0.3 is 0 Å². The van der Waals surface area contributed by atoms with Gasteiger partial charge in [-0.15, -0.1) is 0 Å². The second-order valence-corrected chi connectivity index (χ2v) is 4.42. The predicted octanol–water partition coefficient (Wildman–Crippen LogP) is 2.71. The molecule has 1 saturated carbocycles. The van der Waals surface area contributed by atoms with Crippen molar-refractivity contribution in [1.82, 2.24) is 0 Å². The first kappa shape index (κ1) is 10.5. The number of ether oxygens (including phenoxy) is 1. The molecule has 0 amide bonds. The zero-order chi connectivity index (χ0) is 10.8. The van der Waals surface area contributed by atoms with Crippen molar-refractivity contribution in [1.29, 1.82) is 0 Å². The van der Waals surface area contributed by atoms with Crippen LogP contribution in [0.1, 0.15) is 38.2 Å². The summed E-state index contributed by atoms with van der Waals surface area (Å²) >= 11 is 0. The van der Waals surface area contributed by atoms with Crippen molar-refractivity contribution in [2.24, 2.45) is 0 Å². The van der Waals surface area contributed by atoms with E-state index in [0.29, 0.717) is 6.10 Å². The maximum atomic E-state index is 9.52. The van der Waals surface area contributed by atoms with Crippen LogP contribution in [0.4, 0.5) is 0 Å². The molecule has 1 aromatic rings. The predicted molar refractivity (Wildman–Crippen MR) is 60.2 cm³/mol. The van der Waals surface area contributed by atoms with Crippen molar-refractivity contribution in [3.05, 3.63) is 29.8 Å². The quantitative estimate of drug-likeness (QED) is 0.820. The fourth-order valence-corrected chi connectivity index (χ4v) is 1.53. The van der Waals surface area contributed by atoms with E-state index in [1.54, 1.807) is 0 Å². The van der Waals surface area contributed by atoms with Crippen molar-refractivity contribution in [3.8, 4) is 5.75 Å². The average molecular weight is 206 g/mol. The van der Waals surface area contributed by atoms with Crippen LogP contribution < -0.4 is 4.74 Å². The van der Waals surface area contributed by atoms with Crippen molar-refractivity contribution >= 4 is 0 Å². The third-order valence-corrected chi connectivity index (χ3v) is 2.93. The van der Waals surface area contributed by atoms with E-state index >= 15 is 0 Å². The van der Waals surface area contributed by atoms with E-state index in [0.717, 1.165) is 11.3 Å². The molecule has 1 aliphatic rings. The van der Waals surface area contributed by atoms with Crippen LogP contribution in [0.5, 0.6) is 5.75 Å². The summed E-state index contributed by atoms with van der Waals surface area (Å²) in [6, 6.07) is 8.05. The highest BCUT2D eigenvalue weighted by atomic mass is 16.5. The van der Waals surface area contributed by atoms with Crippen LogP contribution in [0.2, 0.25) is 0 Å². The number of hydrogen-bond donors (Lipinski definition) is 1. The maximum absolute atomic E-state index is 9.52. The Kier molecular flexibility index (Phi) is 2.96. The van der Waals surface area contributed by atoms with E-state index in [9.17, 15) is 5.11 Å². The molecule has 0 heterocycles. The lowest BCUT2D eigenvalue weighted by molar-refractivity contribution is 0.169. The first-order valence-corrected chi connectivity index (χ1v) is 5.61. The molecule has 0 aromatic heterocycles. The topological polar surface area (TPSA) is 29.5 Å². The molecule has 0 radical (unpaired) electrons. The minimum atomic E-state index is -0.318. The molecule has 2 atom stereocenters. The Bertz CT molecular complexity index is 329. The molecule has 1 aliphatic carbocycles. The van der Waals surface area contributed by atoms with Crippen LogP contribution in [0, 0.1) is 0 Å². The van der Waals surface area contributed by atoms with E-state index in [2.05, 4.69) is 0 Å². The average Bonchev–Trinajstić information content (AvgIpc) is 3.01. The van der Waals surface area contributed by atoms with Gasteiger partial charge in [0.1, 0.15) is 5.75 Å². The van der Waals surface area contributed by atoms with Gasteiger partial charge < -0.3 is 9.84 Å². The zero-order valence-electron chi connectivity index (χ0n) is 9.31. The molecule has 15 heavy (non-hydrogen) atoms. The van der Waals surface area contributed by atoms with Gasteiger partial charge in [-0.05, 0) is 37.5 Å². The maximum Gasteiger partial charge on any atom is 0.120 e. The Morgan fingerprint density at radius 1 is 1.33 bits per heavy atom. The first-order chi connectivity index (χ1) is 7.16. The Morgan fingerprint density at radius 2 is 2.07 bits per heavy atom. The molecule has 1 N–H and O–H groups in total. The Hall–Kier alpha value is -1.02. The smallest absolute Gasteiger partial charge is 0.120 e. The van der Waals surface area contributed by atoms with Gasteiger partial charge in [0.2, 0.25) is 0 Å². The van der Waals surface area contributed by atoms with Crippen LogP contribution >= 0.6 is 0 Å². The highest BCUT2D eigenvalue weighted by Gasteiger charge is 2.23. The van der Waals surface area contributed by atoms with Crippen LogP contribution in [-0.4, -0.2) is 17.3 Å². The van der Waals surface area contributed by atoms with Crippen LogP contribution in [0.25, 0.3) is 0 Å². The molecule has 2 nitrogen and oxygen atoms in total. The zero-order valence-corrected chi connectivity index (χ0v) is 9.31. The molecule has 2 heteroatoms. The monoisotopic (exact) mass is 206 g/mol. The van der Waals surface area contributed by atoms with E-state index < -0.39 is 0 Å². The summed E-state index contributed by atoms with van der Waals surface area (Å²) in [7, 11) is 0. The Morgan fingerprint density at radius 3 is 2.67 bits per heavy atom. The third-order valence-electron chi connectivity index (χ3n) is 2.93. The third kappa shape index (κ3) is 2.72. The molecule has 1 fully saturated rings. The molecule has 0 saturated heterocycles. The van der Waals surface area contributed by atoms with E-state index in [1.807, 2.05) is 38.1 Å². The highest BCUT2D eigenvalue weighted by Crippen LogP contribution is 2.29. The van der Waals surface area contributed by atoms with Gasteiger partial charge in [0, 0.05) is 5.92 Å². The number of benzene rings is 1. The molecule has 2 unspecified atom stereocenters. The molecule has 1 aromatic carbocycles. The van der Waals surface area contributed by atoms with Crippen LogP contribution in [0.15, 0.2) is 24.3 Å². The van der Waals surface area contributed by atoms with Crippen molar-refractivity contribution in [3.63, 3.8) is 0 Å². The van der Waals surface area contributed by atoms with Gasteiger partial charge in [0.15, 0.2) is 0 Å². The Labute approximate surface area is 90.9 Å². The lowest BCUT2D eigenvalue weighted by Crippen LogP contribution is -2.11. The number of rotatable bonds is 4. The number of hydrogen-bond acceptors (Lipinski definition) is 2. The summed E-state index contributed by atoms with van der Waals surface area (Å²) in [4.78, 5) is 0. The summed E-state index contributed by atoms with van der Waals surface area (Å²) in [5.74, 6) is 1.09. The van der Waals surface area contributed by atoms with Gasteiger partial charge in [-0.3, -0.25) is 0 Å². The fraction of sp³-hybridized carbons (Fsp3) is 0.538. The summed E-state index contributed by atoms with van der Waals surface area (Å²) in [5.41, 5.74) is 1.14. The van der Waals surface area contributed by atoms with E-state index in [-0.39, 0.29) is 12.0 Å². The first-order valence-electron chi connectivity index (χ1n) is 5.61. The van der Waals surface area contributed by atoms with Gasteiger partial charge in [-0.25, -0.2) is 0 Å². The molecular weight excluding hydrogens is 188 g/mol. The highest BCUT2D eigenvalue weighted by molar-refractivity contribution is 5.31. The van der Waals surface area contributed by atoms with Gasteiger partial charge in [-0.1, -0.05) is 19.1 Å². The molecule has 0 bridgehead atoms. The normalized spacial score (nSPS) is 19.7. The fourth-order valence-electron chi connectivity index (χ4n) is 1.53. The standard InChI is InChI=1S/C13H18O2/c1-9(10(2)14)11-4-3-5-13(8-11)15-12-6-7-12/h3-5,8-10,12,14H,6-7H2,1-2H3.